The molecule has 0 bridgehead atoms. The standard InChI is InChI=1S/C59H88O6/c1-4-7-10-13-16-19-22-25-27-29-30-31-33-34-37-40-43-46-49-52-58(61)64-55-56(54-63-57(60)51-48-45-42-39-36-24-21-18-15-12-9-6-3)65-59(62)53-50-47-44-41-38-35-32-28-26-23-20-17-14-11-8-5-2/h7-12,16-21,25-28,30-31,34-39,43,46,56H,4-6,13-15,22-24,29,32-33,40-42,44-45,47-55H2,1-3H3/b10-7-,11-8-,12-9-,19-16-,20-17-,21-18-,27-25-,28-26-,31-30-,37-34-,38-35-,39-36-,46-43-. The molecule has 65 heavy (non-hydrogen) atoms. The molecule has 0 saturated carbocycles. The molecule has 0 aliphatic rings. The Morgan fingerprint density at radius 2 is 0.585 bits per heavy atom. The van der Waals surface area contributed by atoms with Crippen molar-refractivity contribution in [3.63, 3.8) is 0 Å². The molecular weight excluding hydrogens is 805 g/mol. The molecule has 0 spiro atoms. The van der Waals surface area contributed by atoms with Gasteiger partial charge in [-0.2, -0.15) is 0 Å². The van der Waals surface area contributed by atoms with Gasteiger partial charge >= 0.3 is 17.9 Å². The lowest BCUT2D eigenvalue weighted by Crippen LogP contribution is -2.30. The number of rotatable bonds is 42. The van der Waals surface area contributed by atoms with Crippen molar-refractivity contribution in [3.8, 4) is 0 Å². The van der Waals surface area contributed by atoms with Gasteiger partial charge in [-0.3, -0.25) is 14.4 Å². The number of hydrogen-bond acceptors (Lipinski definition) is 6. The van der Waals surface area contributed by atoms with Crippen molar-refractivity contribution >= 4 is 17.9 Å². The Bertz CT molecular complexity index is 1540. The van der Waals surface area contributed by atoms with Gasteiger partial charge in [0.05, 0.1) is 0 Å². The second kappa shape index (κ2) is 51.7. The highest BCUT2D eigenvalue weighted by Crippen LogP contribution is 2.10. The summed E-state index contributed by atoms with van der Waals surface area (Å²) in [6.45, 7) is 6.13. The molecular formula is C59H88O6. The van der Waals surface area contributed by atoms with Gasteiger partial charge in [0.1, 0.15) is 13.2 Å². The van der Waals surface area contributed by atoms with Crippen LogP contribution in [0.25, 0.3) is 0 Å². The molecule has 1 unspecified atom stereocenters. The second-order valence-corrected chi connectivity index (χ2v) is 15.6. The Balaban J connectivity index is 4.63. The van der Waals surface area contributed by atoms with Gasteiger partial charge in [0.2, 0.25) is 0 Å². The quantitative estimate of drug-likeness (QED) is 0.0263. The normalized spacial score (nSPS) is 13.5. The zero-order chi connectivity index (χ0) is 47.2. The molecule has 0 radical (unpaired) electrons. The summed E-state index contributed by atoms with van der Waals surface area (Å²) >= 11 is 0. The van der Waals surface area contributed by atoms with Crippen LogP contribution in [0.4, 0.5) is 0 Å². The molecule has 0 aliphatic heterocycles. The van der Waals surface area contributed by atoms with Crippen LogP contribution in [0.5, 0.6) is 0 Å². The summed E-state index contributed by atoms with van der Waals surface area (Å²) in [5.41, 5.74) is 0. The third kappa shape index (κ3) is 49.9. The van der Waals surface area contributed by atoms with Crippen LogP contribution < -0.4 is 0 Å². The molecule has 6 nitrogen and oxygen atoms in total. The van der Waals surface area contributed by atoms with E-state index in [4.69, 9.17) is 14.2 Å². The Hall–Kier alpha value is -4.97. The van der Waals surface area contributed by atoms with E-state index in [1.807, 2.05) is 12.2 Å². The summed E-state index contributed by atoms with van der Waals surface area (Å²) < 4.78 is 16.6. The largest absolute Gasteiger partial charge is 0.462 e. The summed E-state index contributed by atoms with van der Waals surface area (Å²) in [7, 11) is 0. The summed E-state index contributed by atoms with van der Waals surface area (Å²) in [6.07, 6.45) is 75.3. The minimum atomic E-state index is -0.848. The predicted octanol–water partition coefficient (Wildman–Crippen LogP) is 16.6. The third-order valence-corrected chi connectivity index (χ3v) is 9.52. The van der Waals surface area contributed by atoms with Crippen LogP contribution in [0, 0.1) is 0 Å². The van der Waals surface area contributed by atoms with Crippen LogP contribution in [0.15, 0.2) is 158 Å². The molecule has 1 atom stereocenters. The number of allylic oxidation sites excluding steroid dienone is 26. The van der Waals surface area contributed by atoms with E-state index in [0.717, 1.165) is 116 Å². The van der Waals surface area contributed by atoms with Gasteiger partial charge in [-0.1, -0.05) is 185 Å². The third-order valence-electron chi connectivity index (χ3n) is 9.52. The number of unbranched alkanes of at least 4 members (excludes halogenated alkanes) is 5. The van der Waals surface area contributed by atoms with E-state index >= 15 is 0 Å². The van der Waals surface area contributed by atoms with E-state index in [0.29, 0.717) is 19.3 Å². The minimum Gasteiger partial charge on any atom is -0.462 e. The summed E-state index contributed by atoms with van der Waals surface area (Å²) in [5, 5.41) is 0. The Morgan fingerprint density at radius 1 is 0.308 bits per heavy atom. The maximum atomic E-state index is 12.8. The van der Waals surface area contributed by atoms with Crippen molar-refractivity contribution in [2.75, 3.05) is 13.2 Å². The Kier molecular flexibility index (Phi) is 47.7. The lowest BCUT2D eigenvalue weighted by Gasteiger charge is -2.18. The molecule has 0 fully saturated rings. The molecule has 360 valence electrons. The number of ether oxygens (including phenoxy) is 3. The van der Waals surface area contributed by atoms with E-state index in [1.54, 1.807) is 0 Å². The Labute approximate surface area is 397 Å². The summed E-state index contributed by atoms with van der Waals surface area (Å²) in [5.74, 6) is -1.11. The van der Waals surface area contributed by atoms with E-state index in [-0.39, 0.29) is 50.4 Å². The summed E-state index contributed by atoms with van der Waals surface area (Å²) in [6, 6.07) is 0. The maximum absolute atomic E-state index is 12.8. The fourth-order valence-corrected chi connectivity index (χ4v) is 5.88. The molecule has 0 aromatic heterocycles. The lowest BCUT2D eigenvalue weighted by atomic mass is 10.1. The molecule has 0 N–H and O–H groups in total. The molecule has 0 aromatic rings. The first-order chi connectivity index (χ1) is 32.0. The fourth-order valence-electron chi connectivity index (χ4n) is 5.88. The fraction of sp³-hybridized carbons (Fsp3) is 0.508. The molecule has 0 rings (SSSR count). The highest BCUT2D eigenvalue weighted by molar-refractivity contribution is 5.71. The van der Waals surface area contributed by atoms with Crippen LogP contribution in [0.3, 0.4) is 0 Å². The van der Waals surface area contributed by atoms with E-state index < -0.39 is 6.10 Å². The predicted molar refractivity (Wildman–Crippen MR) is 278 cm³/mol. The topological polar surface area (TPSA) is 78.9 Å². The first-order valence-corrected chi connectivity index (χ1v) is 25.0. The average Bonchev–Trinajstić information content (AvgIpc) is 3.30. The molecule has 0 aliphatic carbocycles. The second-order valence-electron chi connectivity index (χ2n) is 15.6. The van der Waals surface area contributed by atoms with E-state index in [2.05, 4.69) is 167 Å². The van der Waals surface area contributed by atoms with Gasteiger partial charge in [0, 0.05) is 19.3 Å². The molecule has 0 aromatic carbocycles. The average molecular weight is 893 g/mol. The zero-order valence-corrected chi connectivity index (χ0v) is 40.9. The SMILES string of the molecule is CC/C=C\C/C=C\C/C=C\C/C=C\C/C=C\C/C=C\CCC(=O)OCC(COC(=O)CCCC/C=C\C/C=C\C/C=C\CC)OC(=O)CCCCC/C=C\C/C=C\C/C=C\C/C=C\CC. The van der Waals surface area contributed by atoms with E-state index in [9.17, 15) is 14.4 Å². The van der Waals surface area contributed by atoms with E-state index in [1.165, 1.54) is 0 Å². The van der Waals surface area contributed by atoms with Crippen molar-refractivity contribution in [2.45, 2.75) is 181 Å². The van der Waals surface area contributed by atoms with Gasteiger partial charge in [-0.05, 0) is 128 Å². The number of carbonyl (C=O) groups excluding carboxylic acids is 3. The molecule has 0 amide bonds. The van der Waals surface area contributed by atoms with Crippen LogP contribution in [-0.2, 0) is 28.6 Å². The zero-order valence-electron chi connectivity index (χ0n) is 40.9. The van der Waals surface area contributed by atoms with Gasteiger partial charge < -0.3 is 14.2 Å². The smallest absolute Gasteiger partial charge is 0.306 e. The van der Waals surface area contributed by atoms with Crippen LogP contribution in [0.1, 0.15) is 175 Å². The maximum Gasteiger partial charge on any atom is 0.306 e. The van der Waals surface area contributed by atoms with Gasteiger partial charge in [-0.25, -0.2) is 0 Å². The number of esters is 3. The van der Waals surface area contributed by atoms with Crippen molar-refractivity contribution in [3.05, 3.63) is 158 Å². The molecule has 0 heterocycles. The van der Waals surface area contributed by atoms with Crippen molar-refractivity contribution in [1.29, 1.82) is 0 Å². The van der Waals surface area contributed by atoms with Gasteiger partial charge in [0.25, 0.3) is 0 Å². The molecule has 0 saturated heterocycles. The van der Waals surface area contributed by atoms with Crippen LogP contribution >= 0.6 is 0 Å². The van der Waals surface area contributed by atoms with Crippen molar-refractivity contribution in [1.82, 2.24) is 0 Å². The number of hydrogen-bond donors (Lipinski definition) is 0. The van der Waals surface area contributed by atoms with Gasteiger partial charge in [0.15, 0.2) is 6.10 Å². The Morgan fingerprint density at radius 3 is 0.954 bits per heavy atom. The first-order valence-electron chi connectivity index (χ1n) is 25.0. The van der Waals surface area contributed by atoms with Crippen LogP contribution in [0.2, 0.25) is 0 Å². The minimum absolute atomic E-state index is 0.142. The highest BCUT2D eigenvalue weighted by Gasteiger charge is 2.19. The first kappa shape index (κ1) is 60.0. The summed E-state index contributed by atoms with van der Waals surface area (Å²) in [4.78, 5) is 37.9. The monoisotopic (exact) mass is 893 g/mol. The molecule has 6 heteroatoms. The lowest BCUT2D eigenvalue weighted by molar-refractivity contribution is -0.166. The number of carbonyl (C=O) groups is 3. The van der Waals surface area contributed by atoms with Crippen LogP contribution in [-0.4, -0.2) is 37.2 Å². The highest BCUT2D eigenvalue weighted by atomic mass is 16.6. The van der Waals surface area contributed by atoms with Gasteiger partial charge in [-0.15, -0.1) is 0 Å². The van der Waals surface area contributed by atoms with Crippen molar-refractivity contribution in [2.24, 2.45) is 0 Å². The van der Waals surface area contributed by atoms with Crippen molar-refractivity contribution < 1.29 is 28.6 Å².